The van der Waals surface area contributed by atoms with Gasteiger partial charge in [0.2, 0.25) is 0 Å². The summed E-state index contributed by atoms with van der Waals surface area (Å²) in [6.07, 6.45) is 1.85. The van der Waals surface area contributed by atoms with Crippen LogP contribution >= 0.6 is 27.7 Å². The van der Waals surface area contributed by atoms with Gasteiger partial charge in [-0.3, -0.25) is 4.57 Å². The molecule has 0 unspecified atom stereocenters. The van der Waals surface area contributed by atoms with E-state index < -0.39 is 0 Å². The fourth-order valence-corrected chi connectivity index (χ4v) is 3.83. The maximum Gasteiger partial charge on any atom is 0.191 e. The van der Waals surface area contributed by atoms with Crippen molar-refractivity contribution in [2.45, 2.75) is 31.0 Å². The minimum absolute atomic E-state index is 0.377. The van der Waals surface area contributed by atoms with Crippen LogP contribution in [0.5, 0.6) is 5.75 Å². The summed E-state index contributed by atoms with van der Waals surface area (Å²) in [5.74, 6) is 2.46. The third-order valence-corrected chi connectivity index (χ3v) is 5.25. The zero-order chi connectivity index (χ0) is 18.4. The van der Waals surface area contributed by atoms with Gasteiger partial charge in [0.15, 0.2) is 11.0 Å². The lowest BCUT2D eigenvalue weighted by molar-refractivity contribution is 0.289. The Hall–Kier alpha value is -2.05. The summed E-state index contributed by atoms with van der Waals surface area (Å²) in [5, 5.41) is 9.52. The Balaban J connectivity index is 1.70. The van der Waals surface area contributed by atoms with Gasteiger partial charge in [-0.15, -0.1) is 16.8 Å². The molecule has 26 heavy (non-hydrogen) atoms. The van der Waals surface area contributed by atoms with E-state index in [1.54, 1.807) is 11.8 Å². The van der Waals surface area contributed by atoms with E-state index in [0.29, 0.717) is 13.2 Å². The lowest BCUT2D eigenvalue weighted by atomic mass is 10.2. The van der Waals surface area contributed by atoms with E-state index in [1.807, 2.05) is 54.0 Å². The number of aryl methyl sites for hydroxylation is 1. The second-order valence-electron chi connectivity index (χ2n) is 5.82. The highest BCUT2D eigenvalue weighted by Crippen LogP contribution is 2.24. The normalized spacial score (nSPS) is 10.7. The first-order chi connectivity index (χ1) is 12.7. The molecule has 6 heteroatoms. The standard InChI is InChI=1S/C20H20BrN3OS/c1-3-10-24-19(13-25-18-9-4-6-15(2)11-18)22-23-20(24)26-14-16-7-5-8-17(21)12-16/h3-9,11-12H,1,10,13-14H2,2H3. The van der Waals surface area contributed by atoms with E-state index in [0.717, 1.165) is 27.0 Å². The minimum Gasteiger partial charge on any atom is -0.486 e. The molecule has 0 aliphatic heterocycles. The smallest absolute Gasteiger partial charge is 0.191 e. The van der Waals surface area contributed by atoms with Crippen molar-refractivity contribution in [1.29, 1.82) is 0 Å². The van der Waals surface area contributed by atoms with Gasteiger partial charge in [-0.05, 0) is 42.3 Å². The van der Waals surface area contributed by atoms with E-state index in [4.69, 9.17) is 4.74 Å². The Morgan fingerprint density at radius 2 is 2.04 bits per heavy atom. The molecule has 3 rings (SSSR count). The topological polar surface area (TPSA) is 39.9 Å². The quantitative estimate of drug-likeness (QED) is 0.354. The molecule has 0 radical (unpaired) electrons. The predicted octanol–water partition coefficient (Wildman–Crippen LogP) is 5.41. The van der Waals surface area contributed by atoms with Crippen molar-refractivity contribution < 1.29 is 4.74 Å². The van der Waals surface area contributed by atoms with Crippen LogP contribution in [0.3, 0.4) is 0 Å². The first-order valence-corrected chi connectivity index (χ1v) is 10.0. The third-order valence-electron chi connectivity index (χ3n) is 3.72. The van der Waals surface area contributed by atoms with E-state index in [2.05, 4.69) is 44.8 Å². The van der Waals surface area contributed by atoms with Gasteiger partial charge >= 0.3 is 0 Å². The van der Waals surface area contributed by atoms with Crippen LogP contribution in [0.2, 0.25) is 0 Å². The van der Waals surface area contributed by atoms with Crippen molar-refractivity contribution >= 4 is 27.7 Å². The lowest BCUT2D eigenvalue weighted by Gasteiger charge is -2.09. The number of allylic oxidation sites excluding steroid dienone is 1. The van der Waals surface area contributed by atoms with E-state index in [9.17, 15) is 0 Å². The van der Waals surface area contributed by atoms with E-state index in [-0.39, 0.29) is 0 Å². The number of hydrogen-bond donors (Lipinski definition) is 0. The van der Waals surface area contributed by atoms with Crippen molar-refractivity contribution in [3.05, 3.63) is 82.6 Å². The number of benzene rings is 2. The van der Waals surface area contributed by atoms with E-state index in [1.165, 1.54) is 11.1 Å². The Bertz CT molecular complexity index is 827. The van der Waals surface area contributed by atoms with Crippen LogP contribution in [-0.2, 0) is 18.9 Å². The number of hydrogen-bond acceptors (Lipinski definition) is 4. The molecule has 0 bridgehead atoms. The summed E-state index contributed by atoms with van der Waals surface area (Å²) in [6, 6.07) is 16.3. The number of thioether (sulfide) groups is 1. The molecule has 0 spiro atoms. The second kappa shape index (κ2) is 9.05. The number of nitrogens with zero attached hydrogens (tertiary/aromatic N) is 3. The molecule has 0 fully saturated rings. The Labute approximate surface area is 166 Å². The monoisotopic (exact) mass is 429 g/mol. The fourth-order valence-electron chi connectivity index (χ4n) is 2.47. The van der Waals surface area contributed by atoms with Gasteiger partial charge in [0.25, 0.3) is 0 Å². The molecular weight excluding hydrogens is 410 g/mol. The summed E-state index contributed by atoms with van der Waals surface area (Å²) in [5.41, 5.74) is 2.40. The van der Waals surface area contributed by atoms with Gasteiger partial charge in [0, 0.05) is 16.8 Å². The van der Waals surface area contributed by atoms with Crippen LogP contribution in [0.1, 0.15) is 17.0 Å². The molecule has 0 saturated carbocycles. The van der Waals surface area contributed by atoms with Crippen molar-refractivity contribution in [3.63, 3.8) is 0 Å². The Kier molecular flexibility index (Phi) is 6.52. The molecule has 0 N–H and O–H groups in total. The Morgan fingerprint density at radius 1 is 1.19 bits per heavy atom. The van der Waals surface area contributed by atoms with Crippen LogP contribution < -0.4 is 4.74 Å². The lowest BCUT2D eigenvalue weighted by Crippen LogP contribution is -2.07. The largest absolute Gasteiger partial charge is 0.486 e. The molecular formula is C20H20BrN3OS. The first kappa shape index (κ1) is 18.7. The van der Waals surface area contributed by atoms with Crippen LogP contribution in [0.4, 0.5) is 0 Å². The highest BCUT2D eigenvalue weighted by Gasteiger charge is 2.12. The molecule has 2 aromatic carbocycles. The second-order valence-corrected chi connectivity index (χ2v) is 7.68. The maximum atomic E-state index is 5.88. The highest BCUT2D eigenvalue weighted by molar-refractivity contribution is 9.10. The fraction of sp³-hybridized carbons (Fsp3) is 0.200. The van der Waals surface area contributed by atoms with Crippen LogP contribution in [0, 0.1) is 6.92 Å². The first-order valence-electron chi connectivity index (χ1n) is 8.25. The molecule has 0 aliphatic carbocycles. The predicted molar refractivity (Wildman–Crippen MR) is 109 cm³/mol. The van der Waals surface area contributed by atoms with Crippen LogP contribution in [-0.4, -0.2) is 14.8 Å². The number of ether oxygens (including phenoxy) is 1. The average molecular weight is 430 g/mol. The van der Waals surface area contributed by atoms with Crippen LogP contribution in [0.15, 0.2) is 70.8 Å². The van der Waals surface area contributed by atoms with Crippen molar-refractivity contribution in [3.8, 4) is 5.75 Å². The highest BCUT2D eigenvalue weighted by atomic mass is 79.9. The van der Waals surface area contributed by atoms with Crippen molar-refractivity contribution in [1.82, 2.24) is 14.8 Å². The van der Waals surface area contributed by atoms with Gasteiger partial charge in [-0.2, -0.15) is 0 Å². The molecule has 1 aromatic heterocycles. The number of aromatic nitrogens is 3. The van der Waals surface area contributed by atoms with Crippen LogP contribution in [0.25, 0.3) is 0 Å². The van der Waals surface area contributed by atoms with Crippen molar-refractivity contribution in [2.75, 3.05) is 0 Å². The molecule has 0 atom stereocenters. The molecule has 1 heterocycles. The molecule has 134 valence electrons. The van der Waals surface area contributed by atoms with Gasteiger partial charge < -0.3 is 4.74 Å². The van der Waals surface area contributed by atoms with Crippen molar-refractivity contribution in [2.24, 2.45) is 0 Å². The number of rotatable bonds is 8. The van der Waals surface area contributed by atoms with Gasteiger partial charge in [-0.1, -0.05) is 58.0 Å². The van der Waals surface area contributed by atoms with Gasteiger partial charge in [0.05, 0.1) is 0 Å². The maximum absolute atomic E-state index is 5.88. The minimum atomic E-state index is 0.377. The molecule has 4 nitrogen and oxygen atoms in total. The zero-order valence-electron chi connectivity index (χ0n) is 14.6. The summed E-state index contributed by atoms with van der Waals surface area (Å²) in [6.45, 7) is 6.92. The van der Waals surface area contributed by atoms with Gasteiger partial charge in [0.1, 0.15) is 12.4 Å². The van der Waals surface area contributed by atoms with E-state index >= 15 is 0 Å². The molecule has 0 saturated heterocycles. The Morgan fingerprint density at radius 3 is 2.81 bits per heavy atom. The summed E-state index contributed by atoms with van der Waals surface area (Å²) < 4.78 is 9.00. The zero-order valence-corrected chi connectivity index (χ0v) is 17.0. The summed E-state index contributed by atoms with van der Waals surface area (Å²) >= 11 is 5.17. The average Bonchev–Trinajstić information content (AvgIpc) is 3.01. The summed E-state index contributed by atoms with van der Waals surface area (Å²) in [4.78, 5) is 0. The SMILES string of the molecule is C=CCn1c(COc2cccc(C)c2)nnc1SCc1cccc(Br)c1. The molecule has 0 amide bonds. The third kappa shape index (κ3) is 4.99. The molecule has 0 aliphatic rings. The summed E-state index contributed by atoms with van der Waals surface area (Å²) in [7, 11) is 0. The van der Waals surface area contributed by atoms with Gasteiger partial charge in [-0.25, -0.2) is 0 Å². The number of halogens is 1. The molecule has 3 aromatic rings.